The van der Waals surface area contributed by atoms with Gasteiger partial charge < -0.3 is 14.8 Å². The van der Waals surface area contributed by atoms with Crippen molar-refractivity contribution in [2.75, 3.05) is 24.3 Å². The number of hydrogen-bond acceptors (Lipinski definition) is 7. The van der Waals surface area contributed by atoms with Gasteiger partial charge in [-0.1, -0.05) is 6.92 Å². The van der Waals surface area contributed by atoms with Gasteiger partial charge in [0.25, 0.3) is 10.0 Å². The quantitative estimate of drug-likeness (QED) is 0.740. The third-order valence-electron chi connectivity index (χ3n) is 3.57. The van der Waals surface area contributed by atoms with Crippen LogP contribution in [0.1, 0.15) is 20.3 Å². The minimum atomic E-state index is -3.88. The summed E-state index contributed by atoms with van der Waals surface area (Å²) in [5, 5.41) is 11.0. The first-order valence-corrected chi connectivity index (χ1v) is 9.23. The minimum Gasteiger partial charge on any atom is -0.497 e. The van der Waals surface area contributed by atoms with Crippen LogP contribution in [-0.4, -0.2) is 38.9 Å². The average molecular weight is 366 g/mol. The Morgan fingerprint density at radius 2 is 1.76 bits per heavy atom. The van der Waals surface area contributed by atoms with Crippen molar-refractivity contribution in [2.45, 2.75) is 31.2 Å². The fourth-order valence-electron chi connectivity index (χ4n) is 2.01. The van der Waals surface area contributed by atoms with Crippen molar-refractivity contribution in [3.05, 3.63) is 30.3 Å². The summed E-state index contributed by atoms with van der Waals surface area (Å²) >= 11 is 0. The van der Waals surface area contributed by atoms with Gasteiger partial charge in [-0.2, -0.15) is 0 Å². The molecule has 8 nitrogen and oxygen atoms in total. The van der Waals surface area contributed by atoms with E-state index in [2.05, 4.69) is 27.2 Å². The number of benzene rings is 1. The summed E-state index contributed by atoms with van der Waals surface area (Å²) in [4.78, 5) is -0.0144. The van der Waals surface area contributed by atoms with E-state index in [1.165, 1.54) is 26.4 Å². The second-order valence-corrected chi connectivity index (χ2v) is 7.03. The summed E-state index contributed by atoms with van der Waals surface area (Å²) in [6.45, 7) is 4.07. The molecule has 0 aliphatic heterocycles. The molecule has 0 spiro atoms. The maximum Gasteiger partial charge on any atom is 0.266 e. The normalized spacial score (nSPS) is 12.3. The highest BCUT2D eigenvalue weighted by Crippen LogP contribution is 2.29. The molecule has 2 rings (SSSR count). The topological polar surface area (TPSA) is 102 Å². The molecule has 0 bridgehead atoms. The second-order valence-electron chi connectivity index (χ2n) is 5.38. The zero-order valence-electron chi connectivity index (χ0n) is 14.6. The zero-order valence-corrected chi connectivity index (χ0v) is 15.4. The summed E-state index contributed by atoms with van der Waals surface area (Å²) in [5.74, 6) is 1.37. The Morgan fingerprint density at radius 3 is 2.32 bits per heavy atom. The maximum absolute atomic E-state index is 12.6. The van der Waals surface area contributed by atoms with Crippen LogP contribution >= 0.6 is 0 Å². The van der Waals surface area contributed by atoms with Crippen molar-refractivity contribution in [3.8, 4) is 11.5 Å². The molecule has 9 heteroatoms. The van der Waals surface area contributed by atoms with Crippen LogP contribution in [0.4, 0.5) is 11.6 Å². The zero-order chi connectivity index (χ0) is 18.4. The lowest BCUT2D eigenvalue weighted by molar-refractivity contribution is 0.386. The third kappa shape index (κ3) is 4.72. The molecule has 1 aromatic heterocycles. The summed E-state index contributed by atoms with van der Waals surface area (Å²) in [6, 6.07) is 7.92. The number of anilines is 2. The molecule has 25 heavy (non-hydrogen) atoms. The average Bonchev–Trinajstić information content (AvgIpc) is 2.62. The summed E-state index contributed by atoms with van der Waals surface area (Å²) < 4.78 is 37.8. The Bertz CT molecular complexity index is 809. The molecule has 0 saturated heterocycles. The van der Waals surface area contributed by atoms with E-state index in [9.17, 15) is 8.42 Å². The van der Waals surface area contributed by atoms with Gasteiger partial charge in [-0.15, -0.1) is 10.2 Å². The second kappa shape index (κ2) is 8.02. The summed E-state index contributed by atoms with van der Waals surface area (Å²) in [7, 11) is -0.991. The molecule has 1 heterocycles. The molecule has 1 unspecified atom stereocenters. The minimum absolute atomic E-state index is 0.0144. The molecule has 2 aromatic rings. The Morgan fingerprint density at radius 1 is 1.08 bits per heavy atom. The van der Waals surface area contributed by atoms with E-state index >= 15 is 0 Å². The van der Waals surface area contributed by atoms with Crippen LogP contribution in [-0.2, 0) is 10.0 Å². The first-order valence-electron chi connectivity index (χ1n) is 7.74. The molecule has 0 fully saturated rings. The highest BCUT2D eigenvalue weighted by molar-refractivity contribution is 7.92. The highest BCUT2D eigenvalue weighted by Gasteiger charge is 2.21. The van der Waals surface area contributed by atoms with Gasteiger partial charge in [0.1, 0.15) is 22.2 Å². The van der Waals surface area contributed by atoms with E-state index in [4.69, 9.17) is 9.47 Å². The van der Waals surface area contributed by atoms with E-state index in [0.717, 1.165) is 6.42 Å². The Kier molecular flexibility index (Phi) is 6.02. The fourth-order valence-corrected chi connectivity index (χ4v) is 3.16. The van der Waals surface area contributed by atoms with Gasteiger partial charge in [-0.25, -0.2) is 8.42 Å². The van der Waals surface area contributed by atoms with Gasteiger partial charge in [0.05, 0.1) is 14.2 Å². The monoisotopic (exact) mass is 366 g/mol. The Hall–Kier alpha value is -2.55. The van der Waals surface area contributed by atoms with Crippen molar-refractivity contribution in [1.82, 2.24) is 10.2 Å². The molecule has 0 radical (unpaired) electrons. The van der Waals surface area contributed by atoms with Crippen LogP contribution in [0.2, 0.25) is 0 Å². The standard InChI is InChI=1S/C16H22N4O4S/c1-5-11(2)17-15-8-9-16(19-18-15)20-25(21,22)14-7-6-12(23-3)10-13(14)24-4/h6-11H,5H2,1-4H3,(H,17,18)(H,19,20). The maximum atomic E-state index is 12.6. The molecule has 0 amide bonds. The SMILES string of the molecule is CCC(C)Nc1ccc(NS(=O)(=O)c2ccc(OC)cc2OC)nn1. The molecule has 0 aliphatic carbocycles. The molecule has 0 saturated carbocycles. The first kappa shape index (κ1) is 18.8. The summed E-state index contributed by atoms with van der Waals surface area (Å²) in [5.41, 5.74) is 0. The number of hydrogen-bond donors (Lipinski definition) is 2. The fraction of sp³-hybridized carbons (Fsp3) is 0.375. The van der Waals surface area contributed by atoms with Gasteiger partial charge in [0.2, 0.25) is 0 Å². The number of methoxy groups -OCH3 is 2. The van der Waals surface area contributed by atoms with Gasteiger partial charge in [0, 0.05) is 12.1 Å². The lowest BCUT2D eigenvalue weighted by Gasteiger charge is -2.13. The third-order valence-corrected chi connectivity index (χ3v) is 4.96. The van der Waals surface area contributed by atoms with Crippen LogP contribution < -0.4 is 19.5 Å². The summed E-state index contributed by atoms with van der Waals surface area (Å²) in [6.07, 6.45) is 0.938. The molecule has 1 atom stereocenters. The molecule has 1 aromatic carbocycles. The van der Waals surface area contributed by atoms with Crippen molar-refractivity contribution in [2.24, 2.45) is 0 Å². The van der Waals surface area contributed by atoms with Crippen LogP contribution in [0.25, 0.3) is 0 Å². The molecule has 0 aliphatic rings. The van der Waals surface area contributed by atoms with Gasteiger partial charge >= 0.3 is 0 Å². The lowest BCUT2D eigenvalue weighted by atomic mass is 10.2. The van der Waals surface area contributed by atoms with E-state index < -0.39 is 10.0 Å². The van der Waals surface area contributed by atoms with Crippen molar-refractivity contribution in [3.63, 3.8) is 0 Å². The van der Waals surface area contributed by atoms with Gasteiger partial charge in [-0.05, 0) is 37.6 Å². The largest absolute Gasteiger partial charge is 0.497 e. The van der Waals surface area contributed by atoms with Crippen molar-refractivity contribution < 1.29 is 17.9 Å². The Balaban J connectivity index is 2.21. The number of ether oxygens (including phenoxy) is 2. The predicted octanol–water partition coefficient (Wildman–Crippen LogP) is 2.51. The van der Waals surface area contributed by atoms with E-state index in [1.807, 2.05) is 6.92 Å². The smallest absolute Gasteiger partial charge is 0.266 e. The number of nitrogens with zero attached hydrogens (tertiary/aromatic N) is 2. The van der Waals surface area contributed by atoms with Crippen LogP contribution in [0.15, 0.2) is 35.2 Å². The van der Waals surface area contributed by atoms with Crippen LogP contribution in [0.5, 0.6) is 11.5 Å². The number of sulfonamides is 1. The molecular weight excluding hydrogens is 344 g/mol. The first-order chi connectivity index (χ1) is 11.9. The number of nitrogens with one attached hydrogen (secondary N) is 2. The molecular formula is C16H22N4O4S. The van der Waals surface area contributed by atoms with E-state index in [0.29, 0.717) is 11.6 Å². The molecule has 136 valence electrons. The van der Waals surface area contributed by atoms with Crippen molar-refractivity contribution >= 4 is 21.7 Å². The predicted molar refractivity (Wildman–Crippen MR) is 95.8 cm³/mol. The van der Waals surface area contributed by atoms with Crippen LogP contribution in [0, 0.1) is 0 Å². The van der Waals surface area contributed by atoms with Crippen molar-refractivity contribution in [1.29, 1.82) is 0 Å². The number of rotatable bonds is 8. The van der Waals surface area contributed by atoms with Gasteiger partial charge in [0.15, 0.2) is 5.82 Å². The van der Waals surface area contributed by atoms with E-state index in [1.54, 1.807) is 18.2 Å². The van der Waals surface area contributed by atoms with Crippen LogP contribution in [0.3, 0.4) is 0 Å². The lowest BCUT2D eigenvalue weighted by Crippen LogP contribution is -2.17. The Labute approximate surface area is 147 Å². The highest BCUT2D eigenvalue weighted by atomic mass is 32.2. The van der Waals surface area contributed by atoms with Gasteiger partial charge in [-0.3, -0.25) is 4.72 Å². The van der Waals surface area contributed by atoms with E-state index in [-0.39, 0.29) is 22.5 Å². The number of aromatic nitrogens is 2. The molecule has 2 N–H and O–H groups in total.